The molecule has 1 aromatic carbocycles. The van der Waals surface area contributed by atoms with Crippen LogP contribution in [0.15, 0.2) is 24.3 Å². The van der Waals surface area contributed by atoms with E-state index in [1.165, 1.54) is 6.07 Å². The van der Waals surface area contributed by atoms with Crippen LogP contribution < -0.4 is 0 Å². The summed E-state index contributed by atoms with van der Waals surface area (Å²) in [5.74, 6) is 0.304. The van der Waals surface area contributed by atoms with E-state index in [1.54, 1.807) is 12.1 Å². The summed E-state index contributed by atoms with van der Waals surface area (Å²) >= 11 is 3.42. The molecule has 1 unspecified atom stereocenters. The summed E-state index contributed by atoms with van der Waals surface area (Å²) in [6, 6.07) is 5.84. The van der Waals surface area contributed by atoms with Crippen LogP contribution in [0.4, 0.5) is 13.2 Å². The van der Waals surface area contributed by atoms with Crippen molar-refractivity contribution in [3.63, 3.8) is 0 Å². The van der Waals surface area contributed by atoms with Crippen LogP contribution in [0.5, 0.6) is 0 Å². The van der Waals surface area contributed by atoms with Gasteiger partial charge in [0.25, 0.3) is 0 Å². The molecule has 0 amide bonds. The standard InChI is InChI=1S/C14H18BrF3/c1-10(2)13(3,9-15)8-11-6-4-5-7-12(11)14(16,17)18/h4-7,10H,8-9H2,1-3H3. The van der Waals surface area contributed by atoms with Crippen LogP contribution in [0.3, 0.4) is 0 Å². The quantitative estimate of drug-likeness (QED) is 0.659. The smallest absolute Gasteiger partial charge is 0.166 e. The lowest BCUT2D eigenvalue weighted by Crippen LogP contribution is -2.29. The fourth-order valence-corrected chi connectivity index (χ4v) is 2.64. The summed E-state index contributed by atoms with van der Waals surface area (Å²) in [5.41, 5.74) is -0.320. The van der Waals surface area contributed by atoms with Crippen LogP contribution >= 0.6 is 15.9 Å². The van der Waals surface area contributed by atoms with Crippen LogP contribution in [-0.2, 0) is 12.6 Å². The third-order valence-corrected chi connectivity index (χ3v) is 4.90. The molecule has 0 N–H and O–H groups in total. The maximum atomic E-state index is 12.9. The van der Waals surface area contributed by atoms with Crippen molar-refractivity contribution in [2.75, 3.05) is 5.33 Å². The molecule has 1 atom stereocenters. The van der Waals surface area contributed by atoms with Gasteiger partial charge in [0.15, 0.2) is 0 Å². The summed E-state index contributed by atoms with van der Waals surface area (Å²) in [6.45, 7) is 6.09. The van der Waals surface area contributed by atoms with Crippen LogP contribution in [0.25, 0.3) is 0 Å². The van der Waals surface area contributed by atoms with E-state index < -0.39 is 11.7 Å². The molecule has 0 nitrogen and oxygen atoms in total. The van der Waals surface area contributed by atoms with Gasteiger partial charge in [0.1, 0.15) is 0 Å². The minimum atomic E-state index is -4.28. The first-order valence-corrected chi connectivity index (χ1v) is 7.04. The van der Waals surface area contributed by atoms with Crippen molar-refractivity contribution in [3.8, 4) is 0 Å². The molecule has 0 aliphatic carbocycles. The summed E-state index contributed by atoms with van der Waals surface area (Å²) in [7, 11) is 0. The molecule has 1 rings (SSSR count). The predicted molar refractivity (Wildman–Crippen MR) is 71.9 cm³/mol. The Morgan fingerprint density at radius 3 is 2.17 bits per heavy atom. The van der Waals surface area contributed by atoms with Gasteiger partial charge in [-0.3, -0.25) is 0 Å². The average Bonchev–Trinajstić information content (AvgIpc) is 2.28. The molecule has 0 aliphatic rings. The Kier molecular flexibility index (Phi) is 4.87. The second-order valence-electron chi connectivity index (χ2n) is 5.27. The van der Waals surface area contributed by atoms with Gasteiger partial charge in [0.2, 0.25) is 0 Å². The zero-order chi connectivity index (χ0) is 14.0. The monoisotopic (exact) mass is 322 g/mol. The first-order chi connectivity index (χ1) is 8.20. The molecule has 1 aromatic rings. The molecule has 0 aliphatic heterocycles. The summed E-state index contributed by atoms with van der Waals surface area (Å²) in [6.07, 6.45) is -3.85. The molecule has 0 radical (unpaired) electrons. The minimum Gasteiger partial charge on any atom is -0.166 e. The molecule has 0 saturated heterocycles. The maximum Gasteiger partial charge on any atom is 0.416 e. The van der Waals surface area contributed by atoms with Crippen LogP contribution in [0, 0.1) is 11.3 Å². The highest BCUT2D eigenvalue weighted by molar-refractivity contribution is 9.09. The largest absolute Gasteiger partial charge is 0.416 e. The van der Waals surface area contributed by atoms with Crippen LogP contribution in [-0.4, -0.2) is 5.33 Å². The van der Waals surface area contributed by atoms with Gasteiger partial charge in [0.05, 0.1) is 5.56 Å². The number of alkyl halides is 4. The number of hydrogen-bond acceptors (Lipinski definition) is 0. The molecule has 0 saturated carbocycles. The number of benzene rings is 1. The van der Waals surface area contributed by atoms with Crippen LogP contribution in [0.2, 0.25) is 0 Å². The van der Waals surface area contributed by atoms with Crippen LogP contribution in [0.1, 0.15) is 31.9 Å². The summed E-state index contributed by atoms with van der Waals surface area (Å²) < 4.78 is 38.8. The molecule has 18 heavy (non-hydrogen) atoms. The van der Waals surface area contributed by atoms with Gasteiger partial charge in [-0.15, -0.1) is 0 Å². The Morgan fingerprint density at radius 1 is 1.17 bits per heavy atom. The SMILES string of the molecule is CC(C)C(C)(CBr)Cc1ccccc1C(F)(F)F. The molecular formula is C14H18BrF3. The normalized spacial score (nSPS) is 15.8. The van der Waals surface area contributed by atoms with Gasteiger partial charge in [-0.05, 0) is 29.4 Å². The lowest BCUT2D eigenvalue weighted by Gasteiger charge is -2.33. The molecule has 102 valence electrons. The van der Waals surface area contributed by atoms with Crippen molar-refractivity contribution in [2.24, 2.45) is 11.3 Å². The summed E-state index contributed by atoms with van der Waals surface area (Å²) in [5, 5.41) is 0.684. The van der Waals surface area contributed by atoms with Gasteiger partial charge in [-0.2, -0.15) is 13.2 Å². The summed E-state index contributed by atoms with van der Waals surface area (Å²) in [4.78, 5) is 0. The Balaban J connectivity index is 3.12. The zero-order valence-corrected chi connectivity index (χ0v) is 12.4. The van der Waals surface area contributed by atoms with Crippen molar-refractivity contribution in [1.82, 2.24) is 0 Å². The van der Waals surface area contributed by atoms with Crippen molar-refractivity contribution < 1.29 is 13.2 Å². The van der Waals surface area contributed by atoms with E-state index in [4.69, 9.17) is 0 Å². The third-order valence-electron chi connectivity index (χ3n) is 3.62. The Morgan fingerprint density at radius 2 is 1.72 bits per heavy atom. The highest BCUT2D eigenvalue weighted by atomic mass is 79.9. The third kappa shape index (κ3) is 3.50. The molecule has 0 heterocycles. The van der Waals surface area contributed by atoms with E-state index in [0.29, 0.717) is 23.2 Å². The zero-order valence-electron chi connectivity index (χ0n) is 10.8. The van der Waals surface area contributed by atoms with E-state index >= 15 is 0 Å². The van der Waals surface area contributed by atoms with E-state index in [9.17, 15) is 13.2 Å². The molecular weight excluding hydrogens is 305 g/mol. The van der Waals surface area contributed by atoms with E-state index in [2.05, 4.69) is 15.9 Å². The molecule has 0 aromatic heterocycles. The average molecular weight is 323 g/mol. The van der Waals surface area contributed by atoms with Crippen molar-refractivity contribution in [1.29, 1.82) is 0 Å². The second-order valence-corrected chi connectivity index (χ2v) is 5.83. The first kappa shape index (κ1) is 15.5. The number of rotatable bonds is 4. The fourth-order valence-electron chi connectivity index (χ4n) is 1.79. The minimum absolute atomic E-state index is 0.179. The maximum absolute atomic E-state index is 12.9. The first-order valence-electron chi connectivity index (χ1n) is 5.92. The van der Waals surface area contributed by atoms with Crippen molar-refractivity contribution in [2.45, 2.75) is 33.4 Å². The van der Waals surface area contributed by atoms with Gasteiger partial charge in [-0.1, -0.05) is 54.9 Å². The van der Waals surface area contributed by atoms with Crippen molar-refractivity contribution in [3.05, 3.63) is 35.4 Å². The second kappa shape index (κ2) is 5.64. The fraction of sp³-hybridized carbons (Fsp3) is 0.571. The van der Waals surface area contributed by atoms with E-state index in [-0.39, 0.29) is 5.41 Å². The molecule has 0 bridgehead atoms. The molecule has 0 spiro atoms. The molecule has 0 fully saturated rings. The highest BCUT2D eigenvalue weighted by Gasteiger charge is 2.36. The van der Waals surface area contributed by atoms with Gasteiger partial charge < -0.3 is 0 Å². The number of hydrogen-bond donors (Lipinski definition) is 0. The topological polar surface area (TPSA) is 0 Å². The van der Waals surface area contributed by atoms with E-state index in [1.807, 2.05) is 20.8 Å². The lowest BCUT2D eigenvalue weighted by molar-refractivity contribution is -0.138. The van der Waals surface area contributed by atoms with Gasteiger partial charge >= 0.3 is 6.18 Å². The Hall–Kier alpha value is -0.510. The van der Waals surface area contributed by atoms with E-state index in [0.717, 1.165) is 6.07 Å². The Bertz CT molecular complexity index is 398. The highest BCUT2D eigenvalue weighted by Crippen LogP contribution is 2.38. The van der Waals surface area contributed by atoms with Gasteiger partial charge in [-0.25, -0.2) is 0 Å². The number of halogens is 4. The van der Waals surface area contributed by atoms with Gasteiger partial charge in [0, 0.05) is 5.33 Å². The molecule has 4 heteroatoms. The Labute approximate surface area is 115 Å². The van der Waals surface area contributed by atoms with Crippen molar-refractivity contribution >= 4 is 15.9 Å². The predicted octanol–water partition coefficient (Wildman–Crippen LogP) is 5.31. The lowest BCUT2D eigenvalue weighted by atomic mass is 9.75.